The summed E-state index contributed by atoms with van der Waals surface area (Å²) >= 11 is 6.15. The van der Waals surface area contributed by atoms with Crippen LogP contribution in [0.1, 0.15) is 17.7 Å². The third kappa shape index (κ3) is 3.76. The second-order valence-corrected chi connectivity index (χ2v) is 4.85. The van der Waals surface area contributed by atoms with Gasteiger partial charge in [-0.15, -0.1) is 0 Å². The Balaban J connectivity index is 2.30. The third-order valence-corrected chi connectivity index (χ3v) is 3.37. The first-order chi connectivity index (χ1) is 10.0. The van der Waals surface area contributed by atoms with Crippen LogP contribution in [-0.4, -0.2) is 23.0 Å². The van der Waals surface area contributed by atoms with Crippen molar-refractivity contribution < 1.29 is 13.9 Å². The van der Waals surface area contributed by atoms with Crippen molar-refractivity contribution >= 4 is 17.6 Å². The molecule has 0 saturated heterocycles. The van der Waals surface area contributed by atoms with Crippen molar-refractivity contribution in [2.75, 3.05) is 7.11 Å². The molecule has 21 heavy (non-hydrogen) atoms. The molecule has 1 heterocycles. The molecule has 0 atom stereocenters. The highest BCUT2D eigenvalue weighted by molar-refractivity contribution is 6.30. The molecular weight excluding hydrogens is 295 g/mol. The number of carbonyl (C=O) groups is 1. The maximum Gasteiger partial charge on any atom is 0.305 e. The first kappa shape index (κ1) is 15.4. The van der Waals surface area contributed by atoms with Gasteiger partial charge in [0.15, 0.2) is 5.82 Å². The van der Waals surface area contributed by atoms with Gasteiger partial charge in [0.25, 0.3) is 0 Å². The molecule has 0 unspecified atom stereocenters. The second-order valence-electron chi connectivity index (χ2n) is 4.49. The average Bonchev–Trinajstić information content (AvgIpc) is 2.45. The van der Waals surface area contributed by atoms with E-state index < -0.39 is 0 Å². The van der Waals surface area contributed by atoms with Crippen LogP contribution in [-0.2, 0) is 16.0 Å². The number of ether oxygens (including phenoxy) is 1. The van der Waals surface area contributed by atoms with Crippen LogP contribution in [0.15, 0.2) is 24.3 Å². The SMILES string of the molecule is COC(=O)CCc1c(C)nc(-c2cccc(F)c2)nc1Cl. The van der Waals surface area contributed by atoms with Crippen LogP contribution in [0.2, 0.25) is 5.15 Å². The molecule has 0 bridgehead atoms. The lowest BCUT2D eigenvalue weighted by molar-refractivity contribution is -0.140. The van der Waals surface area contributed by atoms with Gasteiger partial charge >= 0.3 is 5.97 Å². The summed E-state index contributed by atoms with van der Waals surface area (Å²) in [6.07, 6.45) is 0.612. The lowest BCUT2D eigenvalue weighted by Crippen LogP contribution is -2.06. The molecule has 110 valence electrons. The van der Waals surface area contributed by atoms with Crippen LogP contribution in [0.25, 0.3) is 11.4 Å². The molecule has 0 amide bonds. The first-order valence-corrected chi connectivity index (χ1v) is 6.75. The van der Waals surface area contributed by atoms with Gasteiger partial charge in [-0.2, -0.15) is 0 Å². The molecule has 0 fully saturated rings. The minimum absolute atomic E-state index is 0.208. The van der Waals surface area contributed by atoms with Crippen molar-refractivity contribution in [2.24, 2.45) is 0 Å². The number of hydrogen-bond donors (Lipinski definition) is 0. The van der Waals surface area contributed by atoms with E-state index in [4.69, 9.17) is 11.6 Å². The van der Waals surface area contributed by atoms with Crippen LogP contribution in [0.4, 0.5) is 4.39 Å². The fourth-order valence-electron chi connectivity index (χ4n) is 1.93. The number of benzene rings is 1. The van der Waals surface area contributed by atoms with Crippen LogP contribution in [0, 0.1) is 12.7 Å². The number of esters is 1. The smallest absolute Gasteiger partial charge is 0.305 e. The van der Waals surface area contributed by atoms with E-state index in [9.17, 15) is 9.18 Å². The summed E-state index contributed by atoms with van der Waals surface area (Å²) in [6.45, 7) is 1.78. The van der Waals surface area contributed by atoms with E-state index >= 15 is 0 Å². The zero-order chi connectivity index (χ0) is 15.4. The van der Waals surface area contributed by atoms with Gasteiger partial charge in [-0.05, 0) is 25.5 Å². The molecule has 6 heteroatoms. The number of aromatic nitrogens is 2. The second kappa shape index (κ2) is 6.63. The van der Waals surface area contributed by atoms with Crippen molar-refractivity contribution in [3.8, 4) is 11.4 Å². The zero-order valence-corrected chi connectivity index (χ0v) is 12.4. The van der Waals surface area contributed by atoms with Crippen LogP contribution >= 0.6 is 11.6 Å². The molecule has 0 aliphatic heterocycles. The predicted molar refractivity (Wildman–Crippen MR) is 77.5 cm³/mol. The van der Waals surface area contributed by atoms with Gasteiger partial charge in [-0.1, -0.05) is 23.7 Å². The molecular formula is C15H14ClFN2O2. The highest BCUT2D eigenvalue weighted by atomic mass is 35.5. The zero-order valence-electron chi connectivity index (χ0n) is 11.7. The molecule has 0 radical (unpaired) electrons. The summed E-state index contributed by atoms with van der Waals surface area (Å²) in [7, 11) is 1.33. The number of rotatable bonds is 4. The Morgan fingerprint density at radius 1 is 1.38 bits per heavy atom. The lowest BCUT2D eigenvalue weighted by atomic mass is 10.1. The molecule has 0 saturated carbocycles. The van der Waals surface area contributed by atoms with Gasteiger partial charge in [0.1, 0.15) is 11.0 Å². The summed E-state index contributed by atoms with van der Waals surface area (Å²) in [4.78, 5) is 19.7. The summed E-state index contributed by atoms with van der Waals surface area (Å²) in [6, 6.07) is 5.99. The van der Waals surface area contributed by atoms with Crippen LogP contribution in [0.3, 0.4) is 0 Å². The predicted octanol–water partition coefficient (Wildman–Crippen LogP) is 3.35. The van der Waals surface area contributed by atoms with Crippen molar-refractivity contribution in [3.63, 3.8) is 0 Å². The Hall–Kier alpha value is -2.01. The number of carbonyl (C=O) groups excluding carboxylic acids is 1. The molecule has 2 aromatic rings. The summed E-state index contributed by atoms with van der Waals surface area (Å²) < 4.78 is 17.8. The highest BCUT2D eigenvalue weighted by Crippen LogP contribution is 2.23. The molecule has 4 nitrogen and oxygen atoms in total. The molecule has 1 aromatic heterocycles. The summed E-state index contributed by atoms with van der Waals surface area (Å²) in [5.74, 6) is -0.321. The fourth-order valence-corrected chi connectivity index (χ4v) is 2.24. The molecule has 2 rings (SSSR count). The quantitative estimate of drug-likeness (QED) is 0.642. The van der Waals surface area contributed by atoms with E-state index in [1.165, 1.54) is 19.2 Å². The van der Waals surface area contributed by atoms with E-state index in [2.05, 4.69) is 14.7 Å². The summed E-state index contributed by atoms with van der Waals surface area (Å²) in [5.41, 5.74) is 1.92. The van der Waals surface area contributed by atoms with Crippen molar-refractivity contribution in [1.82, 2.24) is 9.97 Å². The largest absolute Gasteiger partial charge is 0.469 e. The van der Waals surface area contributed by atoms with E-state index in [0.29, 0.717) is 29.1 Å². The van der Waals surface area contributed by atoms with Crippen molar-refractivity contribution in [1.29, 1.82) is 0 Å². The Labute approximate surface area is 126 Å². The standard InChI is InChI=1S/C15H14ClFN2O2/c1-9-12(6-7-13(20)21-2)14(16)19-15(18-9)10-4-3-5-11(17)8-10/h3-5,8H,6-7H2,1-2H3. The fraction of sp³-hybridized carbons (Fsp3) is 0.267. The molecule has 0 spiro atoms. The topological polar surface area (TPSA) is 52.1 Å². The van der Waals surface area contributed by atoms with Crippen molar-refractivity contribution in [3.05, 3.63) is 46.5 Å². The van der Waals surface area contributed by atoms with Gasteiger partial charge in [0.2, 0.25) is 0 Å². The monoisotopic (exact) mass is 308 g/mol. The van der Waals surface area contributed by atoms with Crippen molar-refractivity contribution in [2.45, 2.75) is 19.8 Å². The lowest BCUT2D eigenvalue weighted by Gasteiger charge is -2.09. The normalized spacial score (nSPS) is 10.5. The number of halogens is 2. The highest BCUT2D eigenvalue weighted by Gasteiger charge is 2.13. The number of methoxy groups -OCH3 is 1. The average molecular weight is 309 g/mol. The maximum atomic E-state index is 13.2. The van der Waals surface area contributed by atoms with E-state index in [-0.39, 0.29) is 23.4 Å². The first-order valence-electron chi connectivity index (χ1n) is 6.37. The Morgan fingerprint density at radius 2 is 2.14 bits per heavy atom. The molecule has 0 aliphatic carbocycles. The number of nitrogens with zero attached hydrogens (tertiary/aromatic N) is 2. The van der Waals surface area contributed by atoms with Crippen LogP contribution < -0.4 is 0 Å². The van der Waals surface area contributed by atoms with Gasteiger partial charge in [-0.25, -0.2) is 14.4 Å². The maximum absolute atomic E-state index is 13.2. The van der Waals surface area contributed by atoms with Gasteiger partial charge < -0.3 is 4.74 Å². The van der Waals surface area contributed by atoms with E-state index in [0.717, 1.165) is 0 Å². The van der Waals surface area contributed by atoms with Gasteiger partial charge in [0.05, 0.1) is 7.11 Å². The van der Waals surface area contributed by atoms with Crippen LogP contribution in [0.5, 0.6) is 0 Å². The Kier molecular flexibility index (Phi) is 4.85. The van der Waals surface area contributed by atoms with E-state index in [1.807, 2.05) is 0 Å². The summed E-state index contributed by atoms with van der Waals surface area (Å²) in [5, 5.41) is 0.269. The minimum Gasteiger partial charge on any atom is -0.469 e. The minimum atomic E-state index is -0.361. The van der Waals surface area contributed by atoms with Gasteiger partial charge in [-0.3, -0.25) is 4.79 Å². The number of aryl methyl sites for hydroxylation is 1. The molecule has 0 N–H and O–H groups in total. The number of hydrogen-bond acceptors (Lipinski definition) is 4. The molecule has 1 aromatic carbocycles. The van der Waals surface area contributed by atoms with E-state index in [1.54, 1.807) is 19.1 Å². The Bertz CT molecular complexity index is 653. The Morgan fingerprint density at radius 3 is 2.76 bits per heavy atom. The molecule has 0 aliphatic rings. The van der Waals surface area contributed by atoms with Gasteiger partial charge in [0, 0.05) is 23.2 Å². The third-order valence-electron chi connectivity index (χ3n) is 3.05.